The topological polar surface area (TPSA) is 119 Å². The van der Waals surface area contributed by atoms with Crippen LogP contribution < -0.4 is 15.2 Å². The zero-order valence-corrected chi connectivity index (χ0v) is 17.0. The van der Waals surface area contributed by atoms with Crippen LogP contribution in [0.4, 0.5) is 0 Å². The summed E-state index contributed by atoms with van der Waals surface area (Å²) in [5, 5.41) is 24.8. The molecule has 0 spiro atoms. The van der Waals surface area contributed by atoms with Gasteiger partial charge in [-0.25, -0.2) is 0 Å². The number of methoxy groups -OCH3 is 1. The summed E-state index contributed by atoms with van der Waals surface area (Å²) in [5.74, 6) is 0.548. The van der Waals surface area contributed by atoms with E-state index in [1.807, 2.05) is 30.3 Å². The molecule has 0 fully saturated rings. The molecule has 1 aliphatic heterocycles. The number of allylic oxidation sites excluding steroid dienone is 1. The number of hydrogen-bond donors (Lipinski definition) is 2. The van der Waals surface area contributed by atoms with E-state index in [9.17, 15) is 10.4 Å². The molecule has 0 radical (unpaired) electrons. The van der Waals surface area contributed by atoms with Crippen molar-refractivity contribution in [1.29, 1.82) is 5.26 Å². The highest BCUT2D eigenvalue weighted by atomic mass is 16.5. The lowest BCUT2D eigenvalue weighted by Gasteiger charge is -2.25. The van der Waals surface area contributed by atoms with Crippen LogP contribution in [-0.2, 0) is 0 Å². The van der Waals surface area contributed by atoms with Crippen LogP contribution in [0.2, 0.25) is 0 Å². The first-order valence-electron chi connectivity index (χ1n) is 9.79. The molecule has 0 bridgehead atoms. The van der Waals surface area contributed by atoms with Gasteiger partial charge in [-0.3, -0.25) is 0 Å². The molecule has 1 unspecified atom stereocenters. The van der Waals surface area contributed by atoms with E-state index >= 15 is 0 Å². The van der Waals surface area contributed by atoms with Gasteiger partial charge in [0.1, 0.15) is 17.3 Å². The molecule has 32 heavy (non-hydrogen) atoms. The van der Waals surface area contributed by atoms with Gasteiger partial charge in [0.2, 0.25) is 11.8 Å². The summed E-state index contributed by atoms with van der Waals surface area (Å²) in [6.45, 7) is 0. The summed E-state index contributed by atoms with van der Waals surface area (Å²) >= 11 is 0. The van der Waals surface area contributed by atoms with Crippen LogP contribution in [0.15, 0.2) is 82.8 Å². The van der Waals surface area contributed by atoms with Crippen LogP contribution >= 0.6 is 0 Å². The van der Waals surface area contributed by atoms with E-state index in [0.29, 0.717) is 28.5 Å². The molecule has 3 N–H and O–H groups in total. The first kappa shape index (κ1) is 19.3. The summed E-state index contributed by atoms with van der Waals surface area (Å²) in [4.78, 5) is 0. The fourth-order valence-electron chi connectivity index (χ4n) is 3.89. The Balaban J connectivity index is 1.82. The third-order valence-corrected chi connectivity index (χ3v) is 5.34. The van der Waals surface area contributed by atoms with E-state index in [2.05, 4.69) is 6.07 Å². The first-order chi connectivity index (χ1) is 15.6. The summed E-state index contributed by atoms with van der Waals surface area (Å²) in [5.41, 5.74) is 9.02. The van der Waals surface area contributed by atoms with Crippen LogP contribution in [0.1, 0.15) is 17.0 Å². The number of furan rings is 1. The Morgan fingerprint density at radius 3 is 2.66 bits per heavy atom. The van der Waals surface area contributed by atoms with Crippen molar-refractivity contribution in [2.75, 3.05) is 7.11 Å². The van der Waals surface area contributed by atoms with E-state index in [1.165, 1.54) is 13.2 Å². The number of phenolic OH excluding ortho intramolecular Hbond substituents is 1. The number of rotatable bonds is 4. The Bertz CT molecular complexity index is 1370. The molecule has 3 heterocycles. The van der Waals surface area contributed by atoms with Gasteiger partial charge in [0, 0.05) is 0 Å². The van der Waals surface area contributed by atoms with Crippen molar-refractivity contribution in [2.24, 2.45) is 5.73 Å². The second-order valence-corrected chi connectivity index (χ2v) is 7.15. The quantitative estimate of drug-likeness (QED) is 0.505. The lowest BCUT2D eigenvalue weighted by molar-refractivity contribution is 0.365. The number of benzene rings is 2. The van der Waals surface area contributed by atoms with Gasteiger partial charge in [0.25, 0.3) is 0 Å². The highest BCUT2D eigenvalue weighted by Crippen LogP contribution is 2.48. The highest BCUT2D eigenvalue weighted by molar-refractivity contribution is 5.69. The van der Waals surface area contributed by atoms with E-state index in [-0.39, 0.29) is 23.0 Å². The van der Waals surface area contributed by atoms with Gasteiger partial charge >= 0.3 is 0 Å². The van der Waals surface area contributed by atoms with E-state index in [0.717, 1.165) is 5.69 Å². The Morgan fingerprint density at radius 2 is 1.97 bits per heavy atom. The zero-order valence-electron chi connectivity index (χ0n) is 17.0. The molecule has 5 rings (SSSR count). The largest absolute Gasteiger partial charge is 0.504 e. The SMILES string of the molecule is COc1cc(C2C(C#N)=C(N)Oc3c2c(-c2ccco2)nn3-c2ccccc2)ccc1O. The van der Waals surface area contributed by atoms with Gasteiger partial charge in [-0.2, -0.15) is 15.0 Å². The standard InChI is InChI=1S/C24H18N4O4/c1-30-19-12-14(9-10-17(19)29)20-16(13-25)23(26)32-24-21(20)22(18-8-5-11-31-18)27-28(24)15-6-3-2-4-7-15/h2-12,20,29H,26H2,1H3. The molecular weight excluding hydrogens is 408 g/mol. The molecule has 2 aromatic carbocycles. The lowest BCUT2D eigenvalue weighted by atomic mass is 9.83. The van der Waals surface area contributed by atoms with Crippen molar-refractivity contribution in [2.45, 2.75) is 5.92 Å². The number of nitrogens with zero attached hydrogens (tertiary/aromatic N) is 3. The average molecular weight is 426 g/mol. The minimum atomic E-state index is -0.615. The predicted molar refractivity (Wildman–Crippen MR) is 115 cm³/mol. The first-order valence-corrected chi connectivity index (χ1v) is 9.79. The van der Waals surface area contributed by atoms with Crippen LogP contribution in [-0.4, -0.2) is 22.0 Å². The molecular formula is C24H18N4O4. The van der Waals surface area contributed by atoms with Crippen LogP contribution in [0.3, 0.4) is 0 Å². The smallest absolute Gasteiger partial charge is 0.229 e. The molecule has 0 aliphatic carbocycles. The minimum absolute atomic E-state index is 0.00905. The van der Waals surface area contributed by atoms with Crippen molar-refractivity contribution in [1.82, 2.24) is 9.78 Å². The third kappa shape index (κ3) is 2.96. The summed E-state index contributed by atoms with van der Waals surface area (Å²) in [7, 11) is 1.46. The van der Waals surface area contributed by atoms with Crippen LogP contribution in [0.5, 0.6) is 17.4 Å². The zero-order chi connectivity index (χ0) is 22.2. The minimum Gasteiger partial charge on any atom is -0.504 e. The molecule has 0 saturated heterocycles. The molecule has 8 nitrogen and oxygen atoms in total. The summed E-state index contributed by atoms with van der Waals surface area (Å²) in [6, 6.07) is 20.1. The molecule has 2 aromatic heterocycles. The van der Waals surface area contributed by atoms with Gasteiger partial charge < -0.3 is 24.7 Å². The highest BCUT2D eigenvalue weighted by Gasteiger charge is 2.38. The van der Waals surface area contributed by atoms with Crippen molar-refractivity contribution < 1.29 is 19.0 Å². The predicted octanol–water partition coefficient (Wildman–Crippen LogP) is 4.06. The molecule has 4 aromatic rings. The van der Waals surface area contributed by atoms with Gasteiger partial charge in [-0.05, 0) is 42.0 Å². The molecule has 0 saturated carbocycles. The number of phenols is 1. The fraction of sp³-hybridized carbons (Fsp3) is 0.0833. The molecule has 8 heteroatoms. The number of hydrogen-bond acceptors (Lipinski definition) is 7. The number of aromatic nitrogens is 2. The third-order valence-electron chi connectivity index (χ3n) is 5.34. The van der Waals surface area contributed by atoms with E-state index in [4.69, 9.17) is 24.7 Å². The Labute approximate surface area is 183 Å². The number of nitriles is 1. The van der Waals surface area contributed by atoms with Crippen molar-refractivity contribution in [3.05, 3.63) is 89.5 Å². The second kappa shape index (κ2) is 7.56. The molecule has 158 valence electrons. The van der Waals surface area contributed by atoms with Crippen LogP contribution in [0, 0.1) is 11.3 Å². The Morgan fingerprint density at radius 1 is 1.16 bits per heavy atom. The maximum Gasteiger partial charge on any atom is 0.229 e. The van der Waals surface area contributed by atoms with Gasteiger partial charge in [-0.1, -0.05) is 24.3 Å². The Hall–Kier alpha value is -4.64. The number of aromatic hydroxyl groups is 1. The maximum atomic E-state index is 10.1. The number of fused-ring (bicyclic) bond motifs is 1. The van der Waals surface area contributed by atoms with Gasteiger partial charge in [-0.15, -0.1) is 0 Å². The van der Waals surface area contributed by atoms with Crippen molar-refractivity contribution in [3.8, 4) is 40.6 Å². The molecule has 0 amide bonds. The number of para-hydroxylation sites is 1. The van der Waals surface area contributed by atoms with Gasteiger partial charge in [0.15, 0.2) is 17.3 Å². The fourth-order valence-corrected chi connectivity index (χ4v) is 3.89. The summed E-state index contributed by atoms with van der Waals surface area (Å²) in [6.07, 6.45) is 1.56. The maximum absolute atomic E-state index is 10.1. The summed E-state index contributed by atoms with van der Waals surface area (Å²) < 4.78 is 18.5. The van der Waals surface area contributed by atoms with E-state index < -0.39 is 5.92 Å². The van der Waals surface area contributed by atoms with Crippen molar-refractivity contribution >= 4 is 0 Å². The average Bonchev–Trinajstić information content (AvgIpc) is 3.47. The normalized spacial score (nSPS) is 15.1. The Kier molecular flexibility index (Phi) is 4.57. The van der Waals surface area contributed by atoms with Crippen molar-refractivity contribution in [3.63, 3.8) is 0 Å². The van der Waals surface area contributed by atoms with Gasteiger partial charge in [0.05, 0.1) is 30.5 Å². The van der Waals surface area contributed by atoms with Crippen LogP contribution in [0.25, 0.3) is 17.1 Å². The number of ether oxygens (including phenoxy) is 2. The second-order valence-electron chi connectivity index (χ2n) is 7.15. The monoisotopic (exact) mass is 426 g/mol. The molecule has 1 aliphatic rings. The lowest BCUT2D eigenvalue weighted by Crippen LogP contribution is -2.22. The van der Waals surface area contributed by atoms with E-state index in [1.54, 1.807) is 35.2 Å². The number of nitrogens with two attached hydrogens (primary N) is 1. The molecule has 1 atom stereocenters.